The lowest BCUT2D eigenvalue weighted by molar-refractivity contribution is -0.349. The Balaban J connectivity index is 1.32. The summed E-state index contributed by atoms with van der Waals surface area (Å²) in [4.78, 5) is 12.0. The number of aliphatic hydroxyl groups excluding tert-OH is 2. The molecule has 0 unspecified atom stereocenters. The molecule has 2 N–H and O–H groups in total. The minimum atomic E-state index is -0.964. The van der Waals surface area contributed by atoms with Crippen LogP contribution in [0.25, 0.3) is 0 Å². The number of aliphatic hydroxyl groups is 2. The topological polar surface area (TPSA) is 85.2 Å². The van der Waals surface area contributed by atoms with Crippen molar-refractivity contribution in [2.45, 2.75) is 116 Å². The van der Waals surface area contributed by atoms with Gasteiger partial charge >= 0.3 is 5.97 Å². The van der Waals surface area contributed by atoms with Crippen LogP contribution in [0.3, 0.4) is 0 Å². The van der Waals surface area contributed by atoms with E-state index in [1.54, 1.807) is 0 Å². The number of esters is 1. The van der Waals surface area contributed by atoms with Crippen molar-refractivity contribution < 1.29 is 29.2 Å². The van der Waals surface area contributed by atoms with Crippen LogP contribution in [-0.4, -0.2) is 52.5 Å². The lowest BCUT2D eigenvalue weighted by Crippen LogP contribution is -2.66. The van der Waals surface area contributed by atoms with Crippen LogP contribution in [0.5, 0.6) is 0 Å². The summed E-state index contributed by atoms with van der Waals surface area (Å²) in [6.45, 7) is 10.6. The maximum atomic E-state index is 12.0. The molecule has 0 amide bonds. The Morgan fingerprint density at radius 2 is 1.89 bits per heavy atom. The zero-order valence-corrected chi connectivity index (χ0v) is 22.1. The van der Waals surface area contributed by atoms with Gasteiger partial charge in [0, 0.05) is 24.7 Å². The number of fused-ring (bicyclic) bond motifs is 4. The fourth-order valence-corrected chi connectivity index (χ4v) is 9.98. The van der Waals surface area contributed by atoms with Crippen LogP contribution in [0.2, 0.25) is 0 Å². The second-order valence-electron chi connectivity index (χ2n) is 13.7. The molecule has 0 aromatic rings. The van der Waals surface area contributed by atoms with Gasteiger partial charge in [-0.05, 0) is 87.9 Å². The lowest BCUT2D eigenvalue weighted by atomic mass is 9.44. The zero-order chi connectivity index (χ0) is 25.0. The molecule has 6 aliphatic rings. The van der Waals surface area contributed by atoms with Gasteiger partial charge in [0.05, 0.1) is 24.4 Å². The van der Waals surface area contributed by atoms with Gasteiger partial charge in [0.25, 0.3) is 0 Å². The van der Waals surface area contributed by atoms with Gasteiger partial charge in [-0.25, -0.2) is 0 Å². The summed E-state index contributed by atoms with van der Waals surface area (Å²) in [6, 6.07) is 0. The van der Waals surface area contributed by atoms with Crippen molar-refractivity contribution in [3.05, 3.63) is 11.6 Å². The summed E-state index contributed by atoms with van der Waals surface area (Å²) in [5.74, 6) is 0.409. The number of carbonyl (C=O) groups is 1. The molecule has 2 aliphatic heterocycles. The maximum absolute atomic E-state index is 12.0. The zero-order valence-electron chi connectivity index (χ0n) is 22.1. The second kappa shape index (κ2) is 7.78. The number of hydrogen-bond donors (Lipinski definition) is 2. The quantitative estimate of drug-likeness (QED) is 0.421. The summed E-state index contributed by atoms with van der Waals surface area (Å²) >= 11 is 0. The van der Waals surface area contributed by atoms with Crippen molar-refractivity contribution in [1.82, 2.24) is 0 Å². The monoisotopic (exact) mass is 488 g/mol. The van der Waals surface area contributed by atoms with Crippen LogP contribution >= 0.6 is 0 Å². The molecule has 6 rings (SSSR count). The van der Waals surface area contributed by atoms with E-state index >= 15 is 0 Å². The summed E-state index contributed by atoms with van der Waals surface area (Å²) in [7, 11) is 0. The van der Waals surface area contributed by atoms with E-state index in [1.165, 1.54) is 12.5 Å². The first-order valence-corrected chi connectivity index (χ1v) is 14.0. The molecule has 2 spiro atoms. The Morgan fingerprint density at radius 1 is 1.11 bits per heavy atom. The van der Waals surface area contributed by atoms with Gasteiger partial charge in [0.2, 0.25) is 5.79 Å². The van der Waals surface area contributed by atoms with E-state index in [9.17, 15) is 15.0 Å². The van der Waals surface area contributed by atoms with Crippen molar-refractivity contribution in [2.24, 2.45) is 40.4 Å². The standard InChI is InChI=1S/C29H44O6/c1-16-21-8-9-22-20-7-6-18-12-19(31)10-11-27(18,5)23(20)13-24(32)28(21,22)15-33-29(16)25(34-17(2)30)14-26(3,4)35-29/h9,16,18-21,23-25,31-32H,6-8,10-15H2,1-5H3/t16-,18-,19-,20-,21+,23-,24+,25+,27-,28+,29+/m0/s1. The normalized spacial score (nSPS) is 54.3. The third-order valence-electron chi connectivity index (χ3n) is 11.6. The van der Waals surface area contributed by atoms with Crippen molar-refractivity contribution >= 4 is 5.97 Å². The Hall–Kier alpha value is -0.950. The molecule has 0 radical (unpaired) electrons. The van der Waals surface area contributed by atoms with E-state index in [0.29, 0.717) is 30.8 Å². The van der Waals surface area contributed by atoms with Crippen LogP contribution in [0.1, 0.15) is 86.0 Å². The van der Waals surface area contributed by atoms with Crippen molar-refractivity contribution in [1.29, 1.82) is 0 Å². The van der Waals surface area contributed by atoms with Crippen LogP contribution in [0.4, 0.5) is 0 Å². The van der Waals surface area contributed by atoms with Gasteiger partial charge < -0.3 is 24.4 Å². The summed E-state index contributed by atoms with van der Waals surface area (Å²) in [6.07, 6.45) is 8.86. The molecule has 0 bridgehead atoms. The number of ether oxygens (including phenoxy) is 3. The Bertz CT molecular complexity index is 928. The summed E-state index contributed by atoms with van der Waals surface area (Å²) in [5.41, 5.74) is 0.799. The number of allylic oxidation sites excluding steroid dienone is 1. The fourth-order valence-electron chi connectivity index (χ4n) is 9.98. The predicted octanol–water partition coefficient (Wildman–Crippen LogP) is 4.37. The van der Waals surface area contributed by atoms with Crippen LogP contribution in [0, 0.1) is 40.4 Å². The average molecular weight is 489 g/mol. The number of carbonyl (C=O) groups excluding carboxylic acids is 1. The highest BCUT2D eigenvalue weighted by Crippen LogP contribution is 2.69. The molecule has 0 aromatic heterocycles. The molecule has 35 heavy (non-hydrogen) atoms. The van der Waals surface area contributed by atoms with Crippen LogP contribution in [0.15, 0.2) is 11.6 Å². The van der Waals surface area contributed by atoms with Gasteiger partial charge in [-0.2, -0.15) is 0 Å². The lowest BCUT2D eigenvalue weighted by Gasteiger charge is -2.63. The number of rotatable bonds is 1. The average Bonchev–Trinajstić information content (AvgIpc) is 3.29. The molecular formula is C29H44O6. The van der Waals surface area contributed by atoms with E-state index < -0.39 is 23.6 Å². The minimum Gasteiger partial charge on any atom is -0.457 e. The molecule has 2 saturated heterocycles. The van der Waals surface area contributed by atoms with Gasteiger partial charge in [0.1, 0.15) is 0 Å². The van der Waals surface area contributed by atoms with E-state index in [4.69, 9.17) is 14.2 Å². The van der Waals surface area contributed by atoms with Crippen LogP contribution in [-0.2, 0) is 19.0 Å². The van der Waals surface area contributed by atoms with Gasteiger partial charge in [-0.15, -0.1) is 0 Å². The molecule has 5 fully saturated rings. The smallest absolute Gasteiger partial charge is 0.303 e. The second-order valence-corrected chi connectivity index (χ2v) is 13.7. The van der Waals surface area contributed by atoms with Gasteiger partial charge in [-0.1, -0.05) is 25.5 Å². The Kier molecular flexibility index (Phi) is 5.42. The molecule has 11 atom stereocenters. The van der Waals surface area contributed by atoms with Crippen molar-refractivity contribution in [2.75, 3.05) is 6.61 Å². The molecule has 4 aliphatic carbocycles. The molecule has 3 saturated carbocycles. The van der Waals surface area contributed by atoms with Crippen molar-refractivity contribution in [3.8, 4) is 0 Å². The largest absolute Gasteiger partial charge is 0.457 e. The predicted molar refractivity (Wildman–Crippen MR) is 130 cm³/mol. The van der Waals surface area contributed by atoms with Crippen LogP contribution < -0.4 is 0 Å². The number of hydrogen-bond acceptors (Lipinski definition) is 6. The fraction of sp³-hybridized carbons (Fsp3) is 0.897. The molecule has 2 heterocycles. The SMILES string of the molecule is CC(=O)O[C@@H]1CC(C)(C)O[C@@]12OC[C@]13C(=CC[C@@H]1[C@@H]2C)[C@@H]1CC[C@H]2C[C@@H](O)CC[C@]2(C)[C@H]1C[C@H]3O. The first-order valence-electron chi connectivity index (χ1n) is 14.0. The van der Waals surface area contributed by atoms with E-state index in [2.05, 4.69) is 19.9 Å². The minimum absolute atomic E-state index is 0.0147. The summed E-state index contributed by atoms with van der Waals surface area (Å²) < 4.78 is 19.1. The molecule has 6 nitrogen and oxygen atoms in total. The van der Waals surface area contributed by atoms with E-state index in [0.717, 1.165) is 44.9 Å². The molecule has 6 heteroatoms. The van der Waals surface area contributed by atoms with Gasteiger partial charge in [-0.3, -0.25) is 4.79 Å². The molecule has 196 valence electrons. The van der Waals surface area contributed by atoms with E-state index in [-0.39, 0.29) is 34.7 Å². The molecular weight excluding hydrogens is 444 g/mol. The molecule has 0 aromatic carbocycles. The third kappa shape index (κ3) is 3.25. The third-order valence-corrected chi connectivity index (χ3v) is 11.6. The van der Waals surface area contributed by atoms with E-state index in [1.807, 2.05) is 13.8 Å². The maximum Gasteiger partial charge on any atom is 0.303 e. The Morgan fingerprint density at radius 3 is 2.63 bits per heavy atom. The Labute approximate surface area is 209 Å². The van der Waals surface area contributed by atoms with Gasteiger partial charge in [0.15, 0.2) is 6.10 Å². The first kappa shape index (κ1) is 24.4. The summed E-state index contributed by atoms with van der Waals surface area (Å²) in [5, 5.41) is 22.3. The highest BCUT2D eigenvalue weighted by Gasteiger charge is 2.71. The first-order chi connectivity index (χ1) is 16.4. The van der Waals surface area contributed by atoms with Crippen molar-refractivity contribution in [3.63, 3.8) is 0 Å². The highest BCUT2D eigenvalue weighted by molar-refractivity contribution is 5.66. The highest BCUT2D eigenvalue weighted by atomic mass is 16.7.